The zero-order chi connectivity index (χ0) is 19.2. The van der Waals surface area contributed by atoms with Crippen LogP contribution >= 0.6 is 0 Å². The van der Waals surface area contributed by atoms with Crippen molar-refractivity contribution in [1.82, 2.24) is 4.98 Å². The average Bonchev–Trinajstić information content (AvgIpc) is 3.13. The van der Waals surface area contributed by atoms with Crippen molar-refractivity contribution < 1.29 is 21.9 Å². The number of sulfone groups is 1. The van der Waals surface area contributed by atoms with E-state index in [0.29, 0.717) is 32.2 Å². The Hall–Kier alpha value is -1.48. The summed E-state index contributed by atoms with van der Waals surface area (Å²) in [6, 6.07) is 0. The molecule has 0 spiro atoms. The Kier molecular flexibility index (Phi) is 5.00. The van der Waals surface area contributed by atoms with E-state index in [1.54, 1.807) is 9.80 Å². The van der Waals surface area contributed by atoms with E-state index < -0.39 is 26.5 Å². The largest absolute Gasteiger partial charge is 0.376 e. The predicted molar refractivity (Wildman–Crippen MR) is 98.0 cm³/mol. The monoisotopic (exact) mass is 401 g/mol. The molecule has 0 aromatic carbocycles. The first-order valence-corrected chi connectivity index (χ1v) is 11.3. The van der Waals surface area contributed by atoms with E-state index in [4.69, 9.17) is 4.74 Å². The van der Waals surface area contributed by atoms with Crippen LogP contribution in [-0.4, -0.2) is 58.0 Å². The van der Waals surface area contributed by atoms with Crippen molar-refractivity contribution in [2.75, 3.05) is 48.3 Å². The predicted octanol–water partition coefficient (Wildman–Crippen LogP) is 2.37. The Morgan fingerprint density at radius 3 is 2.59 bits per heavy atom. The van der Waals surface area contributed by atoms with Gasteiger partial charge in [-0.2, -0.15) is 9.37 Å². The van der Waals surface area contributed by atoms with E-state index in [9.17, 15) is 12.8 Å². The second kappa shape index (κ2) is 7.16. The maximum atomic E-state index is 15.3. The van der Waals surface area contributed by atoms with Crippen LogP contribution in [0.4, 0.5) is 20.3 Å². The summed E-state index contributed by atoms with van der Waals surface area (Å²) >= 11 is 0. The van der Waals surface area contributed by atoms with E-state index in [2.05, 4.69) is 11.9 Å². The van der Waals surface area contributed by atoms with Crippen LogP contribution in [0.15, 0.2) is 4.90 Å². The van der Waals surface area contributed by atoms with Crippen LogP contribution in [0.3, 0.4) is 0 Å². The molecule has 1 aromatic rings. The van der Waals surface area contributed by atoms with Gasteiger partial charge >= 0.3 is 0 Å². The second-order valence-electron chi connectivity index (χ2n) is 7.79. The van der Waals surface area contributed by atoms with Crippen LogP contribution in [0.25, 0.3) is 0 Å². The Bertz CT molecular complexity index is 820. The summed E-state index contributed by atoms with van der Waals surface area (Å²) < 4.78 is 61.0. The first-order valence-electron chi connectivity index (χ1n) is 9.60. The SMILES string of the molecule is CC1CCN(c2nc(F)c3c(c2F)S(=O)(=O)CCN3C[C@H]2CCCO2)CC1. The normalized spacial score (nSPS) is 25.7. The summed E-state index contributed by atoms with van der Waals surface area (Å²) in [7, 11) is -3.90. The highest BCUT2D eigenvalue weighted by molar-refractivity contribution is 7.91. The van der Waals surface area contributed by atoms with E-state index in [-0.39, 0.29) is 29.9 Å². The molecule has 6 nitrogen and oxygen atoms in total. The fourth-order valence-corrected chi connectivity index (χ4v) is 5.68. The first-order chi connectivity index (χ1) is 12.9. The number of hydrogen-bond donors (Lipinski definition) is 0. The zero-order valence-electron chi connectivity index (χ0n) is 15.5. The average molecular weight is 401 g/mol. The topological polar surface area (TPSA) is 62.7 Å². The highest BCUT2D eigenvalue weighted by Crippen LogP contribution is 2.39. The maximum Gasteiger partial charge on any atom is 0.239 e. The third kappa shape index (κ3) is 3.51. The van der Waals surface area contributed by atoms with Gasteiger partial charge in [0.1, 0.15) is 10.6 Å². The zero-order valence-corrected chi connectivity index (χ0v) is 16.3. The lowest BCUT2D eigenvalue weighted by molar-refractivity contribution is 0.115. The fraction of sp³-hybridized carbons (Fsp3) is 0.722. The number of anilines is 2. The van der Waals surface area contributed by atoms with Gasteiger partial charge < -0.3 is 14.5 Å². The lowest BCUT2D eigenvalue weighted by Crippen LogP contribution is -2.42. The third-order valence-corrected chi connectivity index (χ3v) is 7.51. The highest BCUT2D eigenvalue weighted by atomic mass is 32.2. The van der Waals surface area contributed by atoms with Gasteiger partial charge in [-0.05, 0) is 31.6 Å². The molecule has 0 amide bonds. The molecule has 9 heteroatoms. The minimum atomic E-state index is -3.90. The van der Waals surface area contributed by atoms with Gasteiger partial charge in [-0.15, -0.1) is 0 Å². The number of rotatable bonds is 3. The second-order valence-corrected chi connectivity index (χ2v) is 9.83. The number of halogens is 2. The molecule has 3 aliphatic rings. The maximum absolute atomic E-state index is 15.3. The molecule has 0 unspecified atom stereocenters. The first kappa shape index (κ1) is 18.9. The molecule has 150 valence electrons. The van der Waals surface area contributed by atoms with Gasteiger partial charge in [-0.25, -0.2) is 12.8 Å². The van der Waals surface area contributed by atoms with Crippen molar-refractivity contribution in [3.63, 3.8) is 0 Å². The lowest BCUT2D eigenvalue weighted by atomic mass is 9.99. The van der Waals surface area contributed by atoms with Crippen molar-refractivity contribution >= 4 is 21.3 Å². The molecule has 0 radical (unpaired) electrons. The van der Waals surface area contributed by atoms with Gasteiger partial charge in [-0.1, -0.05) is 6.92 Å². The fourth-order valence-electron chi connectivity index (χ4n) is 4.14. The van der Waals surface area contributed by atoms with Crippen molar-refractivity contribution in [3.8, 4) is 0 Å². The molecule has 4 rings (SSSR count). The standard InChI is InChI=1S/C18H25F2N3O3S/c1-12-4-6-22(7-5-12)18-14(19)16-15(17(20)21-18)23(8-10-27(16,24)25)11-13-3-2-9-26-13/h12-13H,2-11H2,1H3/t13-/m1/s1. The van der Waals surface area contributed by atoms with Crippen molar-refractivity contribution in [3.05, 3.63) is 11.8 Å². The number of ether oxygens (including phenoxy) is 1. The van der Waals surface area contributed by atoms with Crippen molar-refractivity contribution in [2.24, 2.45) is 5.92 Å². The van der Waals surface area contributed by atoms with Gasteiger partial charge in [0.15, 0.2) is 21.5 Å². The summed E-state index contributed by atoms with van der Waals surface area (Å²) in [5.41, 5.74) is -0.233. The lowest BCUT2D eigenvalue weighted by Gasteiger charge is -2.35. The minimum Gasteiger partial charge on any atom is -0.376 e. The van der Waals surface area contributed by atoms with E-state index >= 15 is 4.39 Å². The quantitative estimate of drug-likeness (QED) is 0.725. The number of pyridine rings is 1. The molecule has 27 heavy (non-hydrogen) atoms. The number of aromatic nitrogens is 1. The molecule has 0 bridgehead atoms. The molecular weight excluding hydrogens is 376 g/mol. The number of hydrogen-bond acceptors (Lipinski definition) is 6. The Balaban J connectivity index is 1.74. The van der Waals surface area contributed by atoms with Gasteiger partial charge in [0.2, 0.25) is 5.95 Å². The van der Waals surface area contributed by atoms with Crippen molar-refractivity contribution in [1.29, 1.82) is 0 Å². The van der Waals surface area contributed by atoms with Crippen LogP contribution in [0, 0.1) is 17.7 Å². The van der Waals surface area contributed by atoms with Crippen molar-refractivity contribution in [2.45, 2.75) is 43.6 Å². The molecule has 2 fully saturated rings. The molecular formula is C18H25F2N3O3S. The molecule has 0 aliphatic carbocycles. The van der Waals surface area contributed by atoms with Gasteiger partial charge in [0.25, 0.3) is 0 Å². The summed E-state index contributed by atoms with van der Waals surface area (Å²) in [6.45, 7) is 4.31. The Morgan fingerprint density at radius 1 is 1.19 bits per heavy atom. The molecule has 0 N–H and O–H groups in total. The molecule has 1 aromatic heterocycles. The minimum absolute atomic E-state index is 0.0932. The molecule has 0 saturated carbocycles. The van der Waals surface area contributed by atoms with Gasteiger partial charge in [0, 0.05) is 32.8 Å². The van der Waals surface area contributed by atoms with Crippen LogP contribution in [0.1, 0.15) is 32.6 Å². The Labute approximate surface area is 158 Å². The summed E-state index contributed by atoms with van der Waals surface area (Å²) in [5, 5.41) is 0. The summed E-state index contributed by atoms with van der Waals surface area (Å²) in [4.78, 5) is 6.57. The molecule has 3 aliphatic heterocycles. The number of piperidine rings is 1. The van der Waals surface area contributed by atoms with E-state index in [1.807, 2.05) is 0 Å². The molecule has 1 atom stereocenters. The molecule has 2 saturated heterocycles. The number of nitrogens with zero attached hydrogens (tertiary/aromatic N) is 3. The van der Waals surface area contributed by atoms with Crippen LogP contribution in [-0.2, 0) is 14.6 Å². The molecule has 4 heterocycles. The third-order valence-electron chi connectivity index (χ3n) is 5.80. The van der Waals surface area contributed by atoms with Crippen LogP contribution < -0.4 is 9.80 Å². The van der Waals surface area contributed by atoms with Crippen LogP contribution in [0.5, 0.6) is 0 Å². The van der Waals surface area contributed by atoms with Gasteiger partial charge in [0.05, 0.1) is 11.9 Å². The summed E-state index contributed by atoms with van der Waals surface area (Å²) in [6.07, 6.45) is 3.35. The Morgan fingerprint density at radius 2 is 1.93 bits per heavy atom. The van der Waals surface area contributed by atoms with E-state index in [1.165, 1.54) is 0 Å². The smallest absolute Gasteiger partial charge is 0.239 e. The number of fused-ring (bicyclic) bond motifs is 1. The highest BCUT2D eigenvalue weighted by Gasteiger charge is 2.39. The van der Waals surface area contributed by atoms with E-state index in [0.717, 1.165) is 25.7 Å². The van der Waals surface area contributed by atoms with Crippen LogP contribution in [0.2, 0.25) is 0 Å². The van der Waals surface area contributed by atoms with Gasteiger partial charge in [-0.3, -0.25) is 0 Å². The summed E-state index contributed by atoms with van der Waals surface area (Å²) in [5.74, 6) is -1.73.